The van der Waals surface area contributed by atoms with Crippen LogP contribution in [0.1, 0.15) is 63.8 Å². The minimum atomic E-state index is -0.856. The van der Waals surface area contributed by atoms with E-state index in [-0.39, 0.29) is 18.7 Å². The van der Waals surface area contributed by atoms with Crippen LogP contribution in [-0.2, 0) is 22.4 Å². The summed E-state index contributed by atoms with van der Waals surface area (Å²) in [6, 6.07) is 7.62. The Hall–Kier alpha value is -3.16. The molecular weight excluding hydrogens is 408 g/mol. The molecule has 2 heterocycles. The number of hydrogen-bond donors (Lipinski definition) is 2. The van der Waals surface area contributed by atoms with Gasteiger partial charge in [-0.25, -0.2) is 9.78 Å². The van der Waals surface area contributed by atoms with Crippen LogP contribution in [0, 0.1) is 5.92 Å². The molecule has 1 aromatic carbocycles. The van der Waals surface area contributed by atoms with E-state index in [1.807, 2.05) is 12.1 Å². The zero-order valence-electron chi connectivity index (χ0n) is 18.6. The Morgan fingerprint density at radius 2 is 1.91 bits per heavy atom. The molecule has 8 heteroatoms. The molecule has 2 aromatic rings. The highest BCUT2D eigenvalue weighted by Gasteiger charge is 2.52. The second-order valence-corrected chi connectivity index (χ2v) is 9.16. The Morgan fingerprint density at radius 1 is 1.19 bits per heavy atom. The lowest BCUT2D eigenvalue weighted by molar-refractivity contribution is -0.139. The predicted octanol–water partition coefficient (Wildman–Crippen LogP) is 3.76. The molecule has 0 bridgehead atoms. The molecule has 4 rings (SSSR count). The van der Waals surface area contributed by atoms with Gasteiger partial charge in [0.25, 0.3) is 5.91 Å². The van der Waals surface area contributed by atoms with E-state index in [1.54, 1.807) is 6.20 Å². The summed E-state index contributed by atoms with van der Waals surface area (Å²) < 4.78 is 5.79. The largest absolute Gasteiger partial charge is 0.441 e. The lowest BCUT2D eigenvalue weighted by Crippen LogP contribution is -2.51. The topological polar surface area (TPSA) is 105 Å². The number of oxazole rings is 1. The third-order valence-electron chi connectivity index (χ3n) is 6.11. The summed E-state index contributed by atoms with van der Waals surface area (Å²) in [5, 5.41) is 3.60. The Kier molecular flexibility index (Phi) is 6.30. The average Bonchev–Trinajstić information content (AvgIpc) is 3.32. The molecule has 1 saturated carbocycles. The third-order valence-corrected chi connectivity index (χ3v) is 6.11. The maximum Gasteiger partial charge on any atom is 0.344 e. The summed E-state index contributed by atoms with van der Waals surface area (Å²) in [5.74, 6) is 0.875. The number of aromatic nitrogens is 1. The van der Waals surface area contributed by atoms with E-state index in [4.69, 9.17) is 4.42 Å². The van der Waals surface area contributed by atoms with Crippen molar-refractivity contribution in [3.63, 3.8) is 0 Å². The number of urea groups is 1. The maximum atomic E-state index is 12.7. The van der Waals surface area contributed by atoms with Crippen molar-refractivity contribution in [1.29, 1.82) is 0 Å². The van der Waals surface area contributed by atoms with Crippen molar-refractivity contribution in [3.05, 3.63) is 41.9 Å². The molecule has 4 amide bonds. The standard InChI is InChI=1S/C24H30N4O4/c1-16(2)14-17-6-8-18(9-7-17)19-15-25-21(32-19)11-10-20(29)27-28-22(30)24(26-23(28)31)12-4-3-5-13-24/h6-9,15-16H,3-5,10-14H2,1-2H3,(H,26,31)(H,27,29). The monoisotopic (exact) mass is 438 g/mol. The van der Waals surface area contributed by atoms with Gasteiger partial charge in [0, 0.05) is 18.4 Å². The molecule has 170 valence electrons. The van der Waals surface area contributed by atoms with Crippen molar-refractivity contribution in [2.45, 2.75) is 70.8 Å². The molecule has 0 atom stereocenters. The first-order valence-corrected chi connectivity index (χ1v) is 11.4. The van der Waals surface area contributed by atoms with Crippen LogP contribution in [0.5, 0.6) is 0 Å². The van der Waals surface area contributed by atoms with E-state index < -0.39 is 17.5 Å². The molecule has 1 aliphatic carbocycles. The van der Waals surface area contributed by atoms with E-state index in [0.29, 0.717) is 30.4 Å². The van der Waals surface area contributed by atoms with Crippen molar-refractivity contribution >= 4 is 17.8 Å². The van der Waals surface area contributed by atoms with Gasteiger partial charge >= 0.3 is 6.03 Å². The van der Waals surface area contributed by atoms with Crippen LogP contribution >= 0.6 is 0 Å². The number of amides is 4. The summed E-state index contributed by atoms with van der Waals surface area (Å²) in [7, 11) is 0. The zero-order chi connectivity index (χ0) is 22.7. The fraction of sp³-hybridized carbons (Fsp3) is 0.500. The first kappa shape index (κ1) is 22.0. The van der Waals surface area contributed by atoms with Gasteiger partial charge in [-0.15, -0.1) is 0 Å². The molecule has 1 aliphatic heterocycles. The summed E-state index contributed by atoms with van der Waals surface area (Å²) in [4.78, 5) is 41.6. The fourth-order valence-corrected chi connectivity index (χ4v) is 4.45. The second kappa shape index (κ2) is 9.14. The number of benzene rings is 1. The van der Waals surface area contributed by atoms with Crippen molar-refractivity contribution in [3.8, 4) is 11.3 Å². The second-order valence-electron chi connectivity index (χ2n) is 9.16. The van der Waals surface area contributed by atoms with Crippen LogP contribution in [0.2, 0.25) is 0 Å². The van der Waals surface area contributed by atoms with Gasteiger partial charge in [-0.1, -0.05) is 57.4 Å². The minimum Gasteiger partial charge on any atom is -0.441 e. The number of hydrazine groups is 1. The number of rotatable bonds is 7. The summed E-state index contributed by atoms with van der Waals surface area (Å²) in [5.41, 5.74) is 3.79. The van der Waals surface area contributed by atoms with Crippen molar-refractivity contribution in [1.82, 2.24) is 20.7 Å². The van der Waals surface area contributed by atoms with Crippen molar-refractivity contribution < 1.29 is 18.8 Å². The van der Waals surface area contributed by atoms with Crippen LogP contribution in [0.4, 0.5) is 4.79 Å². The molecule has 8 nitrogen and oxygen atoms in total. The summed E-state index contributed by atoms with van der Waals surface area (Å²) in [6.07, 6.45) is 7.05. The number of carbonyl (C=O) groups is 3. The van der Waals surface area contributed by atoms with Crippen LogP contribution in [0.25, 0.3) is 11.3 Å². The Morgan fingerprint density at radius 3 is 2.59 bits per heavy atom. The van der Waals surface area contributed by atoms with E-state index in [2.05, 4.69) is 41.7 Å². The highest BCUT2D eigenvalue weighted by atomic mass is 16.4. The van der Waals surface area contributed by atoms with Crippen LogP contribution in [0.3, 0.4) is 0 Å². The number of imide groups is 1. The lowest BCUT2D eigenvalue weighted by atomic mass is 9.82. The van der Waals surface area contributed by atoms with E-state index in [1.165, 1.54) is 5.56 Å². The molecule has 2 N–H and O–H groups in total. The van der Waals surface area contributed by atoms with Crippen LogP contribution < -0.4 is 10.7 Å². The smallest absolute Gasteiger partial charge is 0.344 e. The third kappa shape index (κ3) is 4.69. The highest BCUT2D eigenvalue weighted by Crippen LogP contribution is 2.33. The van der Waals surface area contributed by atoms with Crippen molar-refractivity contribution in [2.24, 2.45) is 5.92 Å². The van der Waals surface area contributed by atoms with Crippen molar-refractivity contribution in [2.75, 3.05) is 0 Å². The normalized spacial score (nSPS) is 17.8. The number of hydrogen-bond acceptors (Lipinski definition) is 5. The Bertz CT molecular complexity index is 990. The van der Waals surface area contributed by atoms with Gasteiger partial charge in [-0.05, 0) is 30.7 Å². The first-order valence-electron chi connectivity index (χ1n) is 11.4. The molecule has 1 spiro atoms. The first-order chi connectivity index (χ1) is 15.4. The van der Waals surface area contributed by atoms with Gasteiger partial charge < -0.3 is 9.73 Å². The van der Waals surface area contributed by atoms with E-state index >= 15 is 0 Å². The molecule has 1 saturated heterocycles. The molecule has 0 unspecified atom stereocenters. The SMILES string of the molecule is CC(C)Cc1ccc(-c2cnc(CCC(=O)NN3C(=O)NC4(CCCCC4)C3=O)o2)cc1. The van der Waals surface area contributed by atoms with Gasteiger partial charge in [-0.3, -0.25) is 15.0 Å². The predicted molar refractivity (Wildman–Crippen MR) is 118 cm³/mol. The molecule has 1 aromatic heterocycles. The maximum absolute atomic E-state index is 12.7. The van der Waals surface area contributed by atoms with Gasteiger partial charge in [0.15, 0.2) is 11.7 Å². The lowest BCUT2D eigenvalue weighted by Gasteiger charge is -2.30. The van der Waals surface area contributed by atoms with Gasteiger partial charge in [0.1, 0.15) is 5.54 Å². The molecule has 0 radical (unpaired) electrons. The molecular formula is C24H30N4O4. The van der Waals surface area contributed by atoms with E-state index in [9.17, 15) is 14.4 Å². The highest BCUT2D eigenvalue weighted by molar-refractivity contribution is 6.08. The minimum absolute atomic E-state index is 0.0529. The summed E-state index contributed by atoms with van der Waals surface area (Å²) >= 11 is 0. The molecule has 2 fully saturated rings. The van der Waals surface area contributed by atoms with Crippen LogP contribution in [0.15, 0.2) is 34.9 Å². The van der Waals surface area contributed by atoms with E-state index in [0.717, 1.165) is 36.3 Å². The Balaban J connectivity index is 1.31. The fourth-order valence-electron chi connectivity index (χ4n) is 4.45. The number of carbonyl (C=O) groups excluding carboxylic acids is 3. The quantitative estimate of drug-likeness (QED) is 0.641. The molecule has 2 aliphatic rings. The summed E-state index contributed by atoms with van der Waals surface area (Å²) in [6.45, 7) is 4.37. The van der Waals surface area contributed by atoms with Gasteiger partial charge in [0.2, 0.25) is 5.91 Å². The van der Waals surface area contributed by atoms with Crippen LogP contribution in [-0.4, -0.2) is 33.4 Å². The number of aryl methyl sites for hydroxylation is 1. The zero-order valence-corrected chi connectivity index (χ0v) is 18.6. The number of nitrogens with zero attached hydrogens (tertiary/aromatic N) is 2. The number of nitrogens with one attached hydrogen (secondary N) is 2. The molecule has 32 heavy (non-hydrogen) atoms. The van der Waals surface area contributed by atoms with Gasteiger partial charge in [-0.2, -0.15) is 5.01 Å². The van der Waals surface area contributed by atoms with Gasteiger partial charge in [0.05, 0.1) is 6.20 Å². The Labute approximate surface area is 187 Å². The average molecular weight is 439 g/mol.